The minimum atomic E-state index is 0.741. The van der Waals surface area contributed by atoms with Crippen LogP contribution in [0.4, 0.5) is 0 Å². The number of hydrogen-bond donors (Lipinski definition) is 0. The van der Waals surface area contributed by atoms with Crippen molar-refractivity contribution < 1.29 is 4.74 Å². The third kappa shape index (κ3) is 2.15. The smallest absolute Gasteiger partial charge is 0.142 e. The van der Waals surface area contributed by atoms with Crippen molar-refractivity contribution in [1.29, 1.82) is 0 Å². The molecule has 2 rings (SSSR count). The maximum Gasteiger partial charge on any atom is 0.142 e. The number of ether oxygens (including phenoxy) is 1. The van der Waals surface area contributed by atoms with Gasteiger partial charge in [-0.15, -0.1) is 0 Å². The predicted molar refractivity (Wildman–Crippen MR) is 62.1 cm³/mol. The number of rotatable bonds is 2. The second-order valence-corrected chi connectivity index (χ2v) is 4.40. The third-order valence-electron chi connectivity index (χ3n) is 2.82. The molecule has 0 spiro atoms. The van der Waals surface area contributed by atoms with Crippen molar-refractivity contribution in [2.45, 2.75) is 33.7 Å². The highest BCUT2D eigenvalue weighted by Gasteiger charge is 2.18. The molecule has 1 aromatic rings. The Bertz CT molecular complexity index is 360. The first kappa shape index (κ1) is 10.5. The molecule has 15 heavy (non-hydrogen) atoms. The van der Waals surface area contributed by atoms with Crippen LogP contribution in [-0.4, -0.2) is 18.2 Å². The first-order valence-corrected chi connectivity index (χ1v) is 5.66. The number of hydrogen-bond acceptors (Lipinski definition) is 2. The lowest BCUT2D eigenvalue weighted by molar-refractivity contribution is 0.0947. The van der Waals surface area contributed by atoms with E-state index in [0.717, 1.165) is 25.6 Å². The van der Waals surface area contributed by atoms with Crippen molar-refractivity contribution in [3.63, 3.8) is 0 Å². The van der Waals surface area contributed by atoms with Crippen LogP contribution in [0.5, 0.6) is 5.75 Å². The average molecular weight is 205 g/mol. The zero-order valence-corrected chi connectivity index (χ0v) is 9.84. The first-order chi connectivity index (χ1) is 7.20. The third-order valence-corrected chi connectivity index (χ3v) is 2.82. The minimum absolute atomic E-state index is 0.741. The highest BCUT2D eigenvalue weighted by atomic mass is 16.5. The molecule has 0 aliphatic carbocycles. The summed E-state index contributed by atoms with van der Waals surface area (Å²) in [6, 6.07) is 4.43. The van der Waals surface area contributed by atoms with E-state index < -0.39 is 0 Å². The molecule has 0 radical (unpaired) electrons. The molecule has 0 bridgehead atoms. The van der Waals surface area contributed by atoms with Gasteiger partial charge in [-0.3, -0.25) is 4.90 Å². The standard InChI is InChI=1S/C13H19NO/c1-4-5-14-8-12-7-10(2)6-11(3)13(12)15-9-14/h6-7H,4-5,8-9H2,1-3H3. The summed E-state index contributed by atoms with van der Waals surface area (Å²) >= 11 is 0. The van der Waals surface area contributed by atoms with Crippen LogP contribution in [0, 0.1) is 13.8 Å². The molecule has 0 aromatic heterocycles. The van der Waals surface area contributed by atoms with Gasteiger partial charge in [-0.05, 0) is 25.8 Å². The summed E-state index contributed by atoms with van der Waals surface area (Å²) in [6.45, 7) is 9.37. The van der Waals surface area contributed by atoms with Crippen molar-refractivity contribution in [2.75, 3.05) is 13.3 Å². The van der Waals surface area contributed by atoms with Gasteiger partial charge in [-0.25, -0.2) is 0 Å². The topological polar surface area (TPSA) is 12.5 Å². The lowest BCUT2D eigenvalue weighted by Gasteiger charge is -2.29. The van der Waals surface area contributed by atoms with Crippen molar-refractivity contribution >= 4 is 0 Å². The molecule has 0 saturated carbocycles. The van der Waals surface area contributed by atoms with Crippen LogP contribution in [0.3, 0.4) is 0 Å². The summed E-state index contributed by atoms with van der Waals surface area (Å²) in [6.07, 6.45) is 1.18. The Balaban J connectivity index is 2.25. The van der Waals surface area contributed by atoms with Gasteiger partial charge in [-0.2, -0.15) is 0 Å². The van der Waals surface area contributed by atoms with E-state index in [1.54, 1.807) is 0 Å². The summed E-state index contributed by atoms with van der Waals surface area (Å²) in [7, 11) is 0. The molecular weight excluding hydrogens is 186 g/mol. The molecule has 0 atom stereocenters. The van der Waals surface area contributed by atoms with E-state index in [9.17, 15) is 0 Å². The van der Waals surface area contributed by atoms with Gasteiger partial charge in [0.25, 0.3) is 0 Å². The fraction of sp³-hybridized carbons (Fsp3) is 0.538. The van der Waals surface area contributed by atoms with Crippen LogP contribution in [0.15, 0.2) is 12.1 Å². The SMILES string of the molecule is CCCN1COc2c(C)cc(C)cc2C1. The molecule has 1 heterocycles. The van der Waals surface area contributed by atoms with Crippen LogP contribution < -0.4 is 4.74 Å². The van der Waals surface area contributed by atoms with E-state index >= 15 is 0 Å². The Morgan fingerprint density at radius 1 is 1.33 bits per heavy atom. The van der Waals surface area contributed by atoms with Crippen LogP contribution in [0.2, 0.25) is 0 Å². The van der Waals surface area contributed by atoms with Crippen molar-refractivity contribution in [3.8, 4) is 5.75 Å². The van der Waals surface area contributed by atoms with Crippen LogP contribution in [0.25, 0.3) is 0 Å². The maximum absolute atomic E-state index is 5.80. The second-order valence-electron chi connectivity index (χ2n) is 4.40. The predicted octanol–water partition coefficient (Wildman–Crippen LogP) is 2.87. The Morgan fingerprint density at radius 2 is 2.13 bits per heavy atom. The fourth-order valence-electron chi connectivity index (χ4n) is 2.27. The fourth-order valence-corrected chi connectivity index (χ4v) is 2.27. The van der Waals surface area contributed by atoms with E-state index in [1.165, 1.54) is 23.1 Å². The van der Waals surface area contributed by atoms with Crippen LogP contribution in [0.1, 0.15) is 30.0 Å². The Hall–Kier alpha value is -1.02. The molecule has 0 unspecified atom stereocenters. The molecule has 82 valence electrons. The summed E-state index contributed by atoms with van der Waals surface area (Å²) in [5.74, 6) is 1.10. The summed E-state index contributed by atoms with van der Waals surface area (Å²) < 4.78 is 5.80. The molecule has 0 fully saturated rings. The molecule has 1 aliphatic rings. The number of benzene rings is 1. The number of aryl methyl sites for hydroxylation is 2. The van der Waals surface area contributed by atoms with Crippen molar-refractivity contribution in [1.82, 2.24) is 4.90 Å². The monoisotopic (exact) mass is 205 g/mol. The van der Waals surface area contributed by atoms with Crippen molar-refractivity contribution in [3.05, 3.63) is 28.8 Å². The highest BCUT2D eigenvalue weighted by molar-refractivity contribution is 5.44. The van der Waals surface area contributed by atoms with E-state index in [4.69, 9.17) is 4.74 Å². The summed E-state index contributed by atoms with van der Waals surface area (Å²) in [4.78, 5) is 2.35. The van der Waals surface area contributed by atoms with Gasteiger partial charge in [0.1, 0.15) is 12.5 Å². The Kier molecular flexibility index (Phi) is 2.96. The van der Waals surface area contributed by atoms with Crippen molar-refractivity contribution in [2.24, 2.45) is 0 Å². The number of nitrogens with zero attached hydrogens (tertiary/aromatic N) is 1. The van der Waals surface area contributed by atoms with Gasteiger partial charge in [0, 0.05) is 18.7 Å². The molecular formula is C13H19NO. The molecule has 0 amide bonds. The lowest BCUT2D eigenvalue weighted by Crippen LogP contribution is -2.32. The number of fused-ring (bicyclic) bond motifs is 1. The van der Waals surface area contributed by atoms with Gasteiger partial charge in [0.15, 0.2) is 0 Å². The van der Waals surface area contributed by atoms with E-state index in [0.29, 0.717) is 0 Å². The molecule has 0 N–H and O–H groups in total. The largest absolute Gasteiger partial charge is 0.478 e. The molecule has 2 heteroatoms. The second kappa shape index (κ2) is 4.23. The van der Waals surface area contributed by atoms with Gasteiger partial charge in [-0.1, -0.05) is 24.6 Å². The maximum atomic E-state index is 5.80. The molecule has 0 saturated heterocycles. The molecule has 1 aliphatic heterocycles. The van der Waals surface area contributed by atoms with E-state index in [2.05, 4.69) is 37.8 Å². The highest BCUT2D eigenvalue weighted by Crippen LogP contribution is 2.29. The zero-order chi connectivity index (χ0) is 10.8. The van der Waals surface area contributed by atoms with Crippen LogP contribution in [-0.2, 0) is 6.54 Å². The van der Waals surface area contributed by atoms with Gasteiger partial charge >= 0.3 is 0 Å². The van der Waals surface area contributed by atoms with E-state index in [1.807, 2.05) is 0 Å². The minimum Gasteiger partial charge on any atom is -0.478 e. The summed E-state index contributed by atoms with van der Waals surface area (Å²) in [5.41, 5.74) is 3.93. The Morgan fingerprint density at radius 3 is 2.87 bits per heavy atom. The quantitative estimate of drug-likeness (QED) is 0.736. The normalized spacial score (nSPS) is 15.9. The zero-order valence-electron chi connectivity index (χ0n) is 9.84. The summed E-state index contributed by atoms with van der Waals surface area (Å²) in [5, 5.41) is 0. The average Bonchev–Trinajstić information content (AvgIpc) is 2.17. The Labute approximate surface area is 91.9 Å². The van der Waals surface area contributed by atoms with Gasteiger partial charge < -0.3 is 4.74 Å². The molecule has 2 nitrogen and oxygen atoms in total. The molecule has 1 aromatic carbocycles. The first-order valence-electron chi connectivity index (χ1n) is 5.66. The van der Waals surface area contributed by atoms with Gasteiger partial charge in [0.2, 0.25) is 0 Å². The van der Waals surface area contributed by atoms with E-state index in [-0.39, 0.29) is 0 Å². The van der Waals surface area contributed by atoms with Gasteiger partial charge in [0.05, 0.1) is 0 Å². The lowest BCUT2D eigenvalue weighted by atomic mass is 10.0. The van der Waals surface area contributed by atoms with Crippen LogP contribution >= 0.6 is 0 Å².